The van der Waals surface area contributed by atoms with Gasteiger partial charge in [0, 0.05) is 22.5 Å². The summed E-state index contributed by atoms with van der Waals surface area (Å²) in [6.45, 7) is 8.45. The van der Waals surface area contributed by atoms with Gasteiger partial charge in [-0.05, 0) is 72.2 Å². The van der Waals surface area contributed by atoms with Crippen molar-refractivity contribution in [3.63, 3.8) is 0 Å². The lowest BCUT2D eigenvalue weighted by molar-refractivity contribution is 0.666. The third kappa shape index (κ3) is 4.25. The highest BCUT2D eigenvalue weighted by molar-refractivity contribution is 5.89. The maximum Gasteiger partial charge on any atom is 0.0468 e. The molecule has 0 aromatic heterocycles. The van der Waals surface area contributed by atoms with Gasteiger partial charge in [0.25, 0.3) is 0 Å². The lowest BCUT2D eigenvalue weighted by Crippen LogP contribution is -2.10. The van der Waals surface area contributed by atoms with Crippen molar-refractivity contribution in [1.29, 1.82) is 0 Å². The van der Waals surface area contributed by atoms with E-state index in [9.17, 15) is 0 Å². The Bertz CT molecular complexity index is 1420. The molecule has 1 nitrogen and oxygen atoms in total. The first-order chi connectivity index (χ1) is 16.5. The number of allylic oxidation sites excluding steroid dienone is 7. The smallest absolute Gasteiger partial charge is 0.0468 e. The van der Waals surface area contributed by atoms with Crippen LogP contribution in [0.2, 0.25) is 0 Å². The van der Waals surface area contributed by atoms with E-state index in [1.807, 2.05) is 0 Å². The van der Waals surface area contributed by atoms with Gasteiger partial charge < -0.3 is 4.90 Å². The highest BCUT2D eigenvalue weighted by Crippen LogP contribution is 2.37. The molecule has 0 saturated carbocycles. The van der Waals surface area contributed by atoms with E-state index in [1.54, 1.807) is 0 Å². The Morgan fingerprint density at radius 2 is 1.35 bits per heavy atom. The summed E-state index contributed by atoms with van der Waals surface area (Å²) >= 11 is 0. The molecule has 0 heterocycles. The molecule has 0 aliphatic heterocycles. The molecule has 34 heavy (non-hydrogen) atoms. The third-order valence-corrected chi connectivity index (χ3v) is 6.71. The molecule has 166 valence electrons. The molecule has 1 aliphatic carbocycles. The summed E-state index contributed by atoms with van der Waals surface area (Å²) in [5, 5.41) is 2.48. The molecule has 1 atom stereocenters. The number of hydrogen-bond donors (Lipinski definition) is 0. The minimum atomic E-state index is -0.113. The fourth-order valence-corrected chi connectivity index (χ4v) is 4.35. The van der Waals surface area contributed by atoms with Gasteiger partial charge in [-0.3, -0.25) is 0 Å². The Hall–Kier alpha value is -4.10. The van der Waals surface area contributed by atoms with Crippen molar-refractivity contribution >= 4 is 33.4 Å². The van der Waals surface area contributed by atoms with Crippen LogP contribution in [0, 0.1) is 5.41 Å². The summed E-state index contributed by atoms with van der Waals surface area (Å²) in [7, 11) is 0. The van der Waals surface area contributed by atoms with Crippen LogP contribution >= 0.6 is 0 Å². The van der Waals surface area contributed by atoms with Gasteiger partial charge in [0.2, 0.25) is 0 Å². The quantitative estimate of drug-likeness (QED) is 0.280. The molecule has 0 bridgehead atoms. The van der Waals surface area contributed by atoms with Crippen molar-refractivity contribution in [1.82, 2.24) is 0 Å². The van der Waals surface area contributed by atoms with Crippen LogP contribution in [-0.2, 0) is 0 Å². The first-order valence-electron chi connectivity index (χ1n) is 11.7. The summed E-state index contributed by atoms with van der Waals surface area (Å²) in [4.78, 5) is 2.31. The van der Waals surface area contributed by atoms with Crippen LogP contribution in [0.1, 0.15) is 19.4 Å². The first-order valence-corrected chi connectivity index (χ1v) is 11.7. The predicted octanol–water partition coefficient (Wildman–Crippen LogP) is 9.40. The van der Waals surface area contributed by atoms with Crippen molar-refractivity contribution in [2.24, 2.45) is 5.41 Å². The van der Waals surface area contributed by atoms with Gasteiger partial charge in [-0.2, -0.15) is 0 Å². The predicted molar refractivity (Wildman–Crippen MR) is 148 cm³/mol. The molecule has 0 N–H and O–H groups in total. The Morgan fingerprint density at radius 3 is 2.09 bits per heavy atom. The lowest BCUT2D eigenvalue weighted by Gasteiger charge is -2.26. The Labute approximate surface area is 202 Å². The standard InChI is InChI=1S/C33H29N/c1-25(2)33(3)22-9-12-27(21-23-33)28-15-18-31(19-16-28)34(30-13-5-4-6-14-30)32-20-17-26-10-7-8-11-29(26)24-32/h4-24H,1H2,2-3H3. The van der Waals surface area contributed by atoms with Crippen LogP contribution in [0.4, 0.5) is 17.1 Å². The summed E-state index contributed by atoms with van der Waals surface area (Å²) in [5.74, 6) is 0. The average Bonchev–Trinajstić information content (AvgIpc) is 3.08. The molecule has 0 amide bonds. The van der Waals surface area contributed by atoms with E-state index in [-0.39, 0.29) is 5.41 Å². The normalized spacial score (nSPS) is 17.3. The zero-order valence-corrected chi connectivity index (χ0v) is 19.8. The van der Waals surface area contributed by atoms with Gasteiger partial charge >= 0.3 is 0 Å². The van der Waals surface area contributed by atoms with Crippen molar-refractivity contribution in [3.8, 4) is 0 Å². The molecule has 0 radical (unpaired) electrons. The number of benzene rings is 4. The maximum absolute atomic E-state index is 4.17. The fraction of sp³-hybridized carbons (Fsp3) is 0.0909. The second kappa shape index (κ2) is 9.03. The van der Waals surface area contributed by atoms with E-state index in [2.05, 4.69) is 153 Å². The van der Waals surface area contributed by atoms with E-state index in [0.29, 0.717) is 0 Å². The lowest BCUT2D eigenvalue weighted by atomic mass is 9.83. The Balaban J connectivity index is 1.52. The third-order valence-electron chi connectivity index (χ3n) is 6.71. The first kappa shape index (κ1) is 21.7. The molecule has 4 aromatic carbocycles. The molecule has 1 unspecified atom stereocenters. The minimum Gasteiger partial charge on any atom is -0.310 e. The van der Waals surface area contributed by atoms with Crippen LogP contribution in [0.3, 0.4) is 0 Å². The summed E-state index contributed by atoms with van der Waals surface area (Å²) < 4.78 is 0. The van der Waals surface area contributed by atoms with E-state index >= 15 is 0 Å². The fourth-order valence-electron chi connectivity index (χ4n) is 4.35. The van der Waals surface area contributed by atoms with E-state index in [0.717, 1.165) is 22.6 Å². The van der Waals surface area contributed by atoms with Crippen LogP contribution in [0.25, 0.3) is 16.3 Å². The molecule has 5 rings (SSSR count). The van der Waals surface area contributed by atoms with Crippen LogP contribution in [0.15, 0.2) is 140 Å². The SMILES string of the molecule is C=C(C)C1(C)C=CC=C(c2ccc(N(c3ccccc3)c3ccc4ccccc4c3)cc2)C=C1. The summed E-state index contributed by atoms with van der Waals surface area (Å²) in [5.41, 5.74) is 6.83. The topological polar surface area (TPSA) is 3.24 Å². The van der Waals surface area contributed by atoms with Crippen LogP contribution in [0.5, 0.6) is 0 Å². The maximum atomic E-state index is 4.17. The zero-order chi connectivity index (χ0) is 23.5. The number of nitrogens with zero attached hydrogens (tertiary/aromatic N) is 1. The van der Waals surface area contributed by atoms with Crippen molar-refractivity contribution < 1.29 is 0 Å². The van der Waals surface area contributed by atoms with Crippen LogP contribution in [-0.4, -0.2) is 0 Å². The molecule has 1 aliphatic rings. The number of rotatable bonds is 5. The Kier molecular flexibility index (Phi) is 5.77. The number of fused-ring (bicyclic) bond motifs is 1. The van der Waals surface area contributed by atoms with Gasteiger partial charge in [0.05, 0.1) is 0 Å². The van der Waals surface area contributed by atoms with Gasteiger partial charge in [0.15, 0.2) is 0 Å². The number of anilines is 3. The summed E-state index contributed by atoms with van der Waals surface area (Å²) in [6.07, 6.45) is 11.0. The molecular formula is C33H29N. The monoisotopic (exact) mass is 439 g/mol. The molecule has 1 heteroatoms. The molecule has 0 saturated heterocycles. The van der Waals surface area contributed by atoms with E-state index in [4.69, 9.17) is 0 Å². The zero-order valence-electron chi connectivity index (χ0n) is 19.8. The molecule has 0 fully saturated rings. The van der Waals surface area contributed by atoms with Gasteiger partial charge in [-0.1, -0.05) is 103 Å². The minimum absolute atomic E-state index is 0.113. The van der Waals surface area contributed by atoms with E-state index < -0.39 is 0 Å². The largest absolute Gasteiger partial charge is 0.310 e. The summed E-state index contributed by atoms with van der Waals surface area (Å²) in [6, 6.07) is 34.5. The van der Waals surface area contributed by atoms with Crippen molar-refractivity contribution in [3.05, 3.63) is 145 Å². The number of hydrogen-bond acceptors (Lipinski definition) is 1. The highest BCUT2D eigenvalue weighted by Gasteiger charge is 2.19. The van der Waals surface area contributed by atoms with Gasteiger partial charge in [0.1, 0.15) is 0 Å². The second-order valence-corrected chi connectivity index (χ2v) is 9.13. The van der Waals surface area contributed by atoms with E-state index in [1.165, 1.54) is 21.9 Å². The number of para-hydroxylation sites is 1. The molecular weight excluding hydrogens is 410 g/mol. The average molecular weight is 440 g/mol. The molecule has 4 aromatic rings. The Morgan fingerprint density at radius 1 is 0.706 bits per heavy atom. The highest BCUT2D eigenvalue weighted by atomic mass is 15.1. The van der Waals surface area contributed by atoms with Gasteiger partial charge in [-0.15, -0.1) is 0 Å². The van der Waals surface area contributed by atoms with Crippen molar-refractivity contribution in [2.75, 3.05) is 4.90 Å². The van der Waals surface area contributed by atoms with Gasteiger partial charge in [-0.25, -0.2) is 0 Å². The van der Waals surface area contributed by atoms with Crippen molar-refractivity contribution in [2.45, 2.75) is 13.8 Å². The molecule has 0 spiro atoms. The van der Waals surface area contributed by atoms with Crippen LogP contribution < -0.4 is 4.90 Å². The second-order valence-electron chi connectivity index (χ2n) is 9.13.